The third-order valence-corrected chi connectivity index (χ3v) is 1.87. The molecule has 0 atom stereocenters. The summed E-state index contributed by atoms with van der Waals surface area (Å²) in [7, 11) is 1.50. The third kappa shape index (κ3) is 2.50. The third-order valence-electron chi connectivity index (χ3n) is 1.87. The Morgan fingerprint density at radius 1 is 1.50 bits per heavy atom. The quantitative estimate of drug-likeness (QED) is 0.771. The van der Waals surface area contributed by atoms with Gasteiger partial charge in [0, 0.05) is 0 Å². The highest BCUT2D eigenvalue weighted by atomic mass is 16.5. The molecule has 3 heteroatoms. The lowest BCUT2D eigenvalue weighted by Crippen LogP contribution is -1.86. The maximum Gasteiger partial charge on any atom is 0.161 e. The first kappa shape index (κ1) is 10.6. The topological polar surface area (TPSA) is 49.7 Å². The zero-order chi connectivity index (χ0) is 10.6. The molecule has 0 unspecified atom stereocenters. The van der Waals surface area contributed by atoms with E-state index in [9.17, 15) is 5.11 Å². The molecule has 0 aliphatic carbocycles. The van der Waals surface area contributed by atoms with Gasteiger partial charge in [-0.05, 0) is 30.2 Å². The van der Waals surface area contributed by atoms with Crippen LogP contribution in [0.3, 0.4) is 0 Å². The second-order valence-electron chi connectivity index (χ2n) is 3.08. The molecule has 0 heterocycles. The van der Waals surface area contributed by atoms with Gasteiger partial charge in [0.25, 0.3) is 0 Å². The Kier molecular flexibility index (Phi) is 3.54. The summed E-state index contributed by atoms with van der Waals surface area (Å²) in [6, 6.07) is 5.04. The van der Waals surface area contributed by atoms with Gasteiger partial charge in [0.1, 0.15) is 0 Å². The van der Waals surface area contributed by atoms with Crippen molar-refractivity contribution in [3.8, 4) is 11.5 Å². The molecule has 0 saturated heterocycles. The molecule has 1 rings (SSSR count). The van der Waals surface area contributed by atoms with Crippen LogP contribution >= 0.6 is 0 Å². The molecule has 1 aromatic carbocycles. The number of aliphatic hydroxyl groups excluding tert-OH is 1. The molecule has 76 valence electrons. The van der Waals surface area contributed by atoms with Gasteiger partial charge in [-0.3, -0.25) is 0 Å². The van der Waals surface area contributed by atoms with Crippen molar-refractivity contribution in [1.29, 1.82) is 0 Å². The summed E-state index contributed by atoms with van der Waals surface area (Å²) in [5, 5.41) is 18.2. The average Bonchev–Trinajstić information content (AvgIpc) is 2.20. The highest BCUT2D eigenvalue weighted by Gasteiger charge is 2.00. The first-order valence-corrected chi connectivity index (χ1v) is 4.32. The van der Waals surface area contributed by atoms with Crippen LogP contribution in [0.4, 0.5) is 0 Å². The van der Waals surface area contributed by atoms with E-state index in [2.05, 4.69) is 0 Å². The number of benzene rings is 1. The molecule has 1 aromatic rings. The molecule has 0 spiro atoms. The van der Waals surface area contributed by atoms with Crippen molar-refractivity contribution < 1.29 is 14.9 Å². The van der Waals surface area contributed by atoms with Gasteiger partial charge in [-0.2, -0.15) is 0 Å². The van der Waals surface area contributed by atoms with Gasteiger partial charge in [-0.25, -0.2) is 0 Å². The Morgan fingerprint density at radius 3 is 2.79 bits per heavy atom. The van der Waals surface area contributed by atoms with Crippen LogP contribution in [0.1, 0.15) is 12.5 Å². The number of hydrogen-bond acceptors (Lipinski definition) is 3. The summed E-state index contributed by atoms with van der Waals surface area (Å²) in [6.45, 7) is 1.86. The van der Waals surface area contributed by atoms with Crippen molar-refractivity contribution in [1.82, 2.24) is 0 Å². The van der Waals surface area contributed by atoms with Gasteiger partial charge >= 0.3 is 0 Å². The Labute approximate surface area is 83.3 Å². The highest BCUT2D eigenvalue weighted by Crippen LogP contribution is 2.27. The van der Waals surface area contributed by atoms with Crippen molar-refractivity contribution in [3.63, 3.8) is 0 Å². The minimum Gasteiger partial charge on any atom is -0.504 e. The van der Waals surface area contributed by atoms with Crippen LogP contribution in [0, 0.1) is 0 Å². The van der Waals surface area contributed by atoms with E-state index in [0.29, 0.717) is 5.75 Å². The summed E-state index contributed by atoms with van der Waals surface area (Å²) < 4.78 is 4.96. The summed E-state index contributed by atoms with van der Waals surface area (Å²) in [4.78, 5) is 0. The van der Waals surface area contributed by atoms with Gasteiger partial charge in [-0.1, -0.05) is 12.1 Å². The Morgan fingerprint density at radius 2 is 2.21 bits per heavy atom. The van der Waals surface area contributed by atoms with Gasteiger partial charge in [0.2, 0.25) is 0 Å². The van der Waals surface area contributed by atoms with Crippen LogP contribution < -0.4 is 4.74 Å². The van der Waals surface area contributed by atoms with E-state index in [1.165, 1.54) is 7.11 Å². The monoisotopic (exact) mass is 194 g/mol. The van der Waals surface area contributed by atoms with Gasteiger partial charge in [0.15, 0.2) is 11.5 Å². The molecule has 0 aliphatic rings. The Balaban J connectivity index is 3.01. The van der Waals surface area contributed by atoms with E-state index in [-0.39, 0.29) is 12.4 Å². The average molecular weight is 194 g/mol. The predicted molar refractivity (Wildman–Crippen MR) is 55.4 cm³/mol. The van der Waals surface area contributed by atoms with Gasteiger partial charge < -0.3 is 14.9 Å². The lowest BCUT2D eigenvalue weighted by molar-refractivity contribution is 0.332. The van der Waals surface area contributed by atoms with Gasteiger partial charge in [-0.15, -0.1) is 0 Å². The highest BCUT2D eigenvalue weighted by molar-refractivity contribution is 5.57. The molecule has 0 saturated carbocycles. The normalized spacial score (nSPS) is 11.5. The summed E-state index contributed by atoms with van der Waals surface area (Å²) in [6.07, 6.45) is 1.84. The molecule has 14 heavy (non-hydrogen) atoms. The number of aromatic hydroxyl groups is 1. The molecule has 0 radical (unpaired) electrons. The maximum absolute atomic E-state index is 9.33. The second-order valence-corrected chi connectivity index (χ2v) is 3.08. The van der Waals surface area contributed by atoms with Crippen LogP contribution in [0.2, 0.25) is 0 Å². The fourth-order valence-corrected chi connectivity index (χ4v) is 1.11. The van der Waals surface area contributed by atoms with Gasteiger partial charge in [0.05, 0.1) is 13.7 Å². The van der Waals surface area contributed by atoms with Crippen LogP contribution in [0.5, 0.6) is 11.5 Å². The predicted octanol–water partition coefficient (Wildman–Crippen LogP) is 1.80. The number of ether oxygens (including phenoxy) is 1. The molecule has 0 aliphatic heterocycles. The van der Waals surface area contributed by atoms with Crippen LogP contribution in [0.25, 0.3) is 6.08 Å². The molecule has 0 aromatic heterocycles. The largest absolute Gasteiger partial charge is 0.504 e. The van der Waals surface area contributed by atoms with E-state index in [1.807, 2.05) is 13.0 Å². The molecular weight excluding hydrogens is 180 g/mol. The van der Waals surface area contributed by atoms with E-state index >= 15 is 0 Å². The van der Waals surface area contributed by atoms with Crippen molar-refractivity contribution >= 4 is 6.08 Å². The number of phenolic OH excluding ortho intramolecular Hbond substituents is 1. The SMILES string of the molecule is COc1cc(/C=C(\C)CO)ccc1O. The first-order chi connectivity index (χ1) is 6.67. The van der Waals surface area contributed by atoms with E-state index in [1.54, 1.807) is 18.2 Å². The van der Waals surface area contributed by atoms with Crippen LogP contribution in [0.15, 0.2) is 23.8 Å². The fraction of sp³-hybridized carbons (Fsp3) is 0.273. The molecule has 0 fully saturated rings. The zero-order valence-electron chi connectivity index (χ0n) is 8.32. The lowest BCUT2D eigenvalue weighted by Gasteiger charge is -2.04. The lowest BCUT2D eigenvalue weighted by atomic mass is 10.1. The number of rotatable bonds is 3. The minimum absolute atomic E-state index is 0.0309. The summed E-state index contributed by atoms with van der Waals surface area (Å²) in [5.74, 6) is 0.552. The van der Waals surface area contributed by atoms with E-state index in [0.717, 1.165) is 11.1 Å². The van der Waals surface area contributed by atoms with Crippen molar-refractivity contribution in [3.05, 3.63) is 29.3 Å². The minimum atomic E-state index is 0.0309. The maximum atomic E-state index is 9.33. The van der Waals surface area contributed by atoms with Crippen molar-refractivity contribution in [2.24, 2.45) is 0 Å². The summed E-state index contributed by atoms with van der Waals surface area (Å²) in [5.41, 5.74) is 1.75. The molecule has 0 bridgehead atoms. The Bertz CT molecular complexity index is 342. The number of aliphatic hydroxyl groups is 1. The number of phenols is 1. The zero-order valence-corrected chi connectivity index (χ0v) is 8.32. The second kappa shape index (κ2) is 4.67. The van der Waals surface area contributed by atoms with Crippen molar-refractivity contribution in [2.45, 2.75) is 6.92 Å². The van der Waals surface area contributed by atoms with Crippen LogP contribution in [-0.4, -0.2) is 23.9 Å². The summed E-state index contributed by atoms with van der Waals surface area (Å²) >= 11 is 0. The first-order valence-electron chi connectivity index (χ1n) is 4.32. The number of hydrogen-bond donors (Lipinski definition) is 2. The van der Waals surface area contributed by atoms with E-state index in [4.69, 9.17) is 9.84 Å². The molecule has 0 amide bonds. The fourth-order valence-electron chi connectivity index (χ4n) is 1.11. The molecular formula is C11H14O3. The van der Waals surface area contributed by atoms with Crippen LogP contribution in [-0.2, 0) is 0 Å². The molecule has 2 N–H and O–H groups in total. The molecule has 3 nitrogen and oxygen atoms in total. The van der Waals surface area contributed by atoms with E-state index < -0.39 is 0 Å². The number of methoxy groups -OCH3 is 1. The smallest absolute Gasteiger partial charge is 0.161 e. The Hall–Kier alpha value is -1.48. The van der Waals surface area contributed by atoms with Crippen molar-refractivity contribution in [2.75, 3.05) is 13.7 Å². The standard InChI is InChI=1S/C11H14O3/c1-8(7-12)5-9-3-4-10(13)11(6-9)14-2/h3-6,12-13H,7H2,1-2H3/b8-5+.